The van der Waals surface area contributed by atoms with Crippen LogP contribution in [0.25, 0.3) is 0 Å². The summed E-state index contributed by atoms with van der Waals surface area (Å²) in [5, 5.41) is 12.2. The highest BCUT2D eigenvalue weighted by molar-refractivity contribution is 4.86. The molecule has 0 unspecified atom stereocenters. The predicted molar refractivity (Wildman–Crippen MR) is 38.9 cm³/mol. The molecule has 0 aromatic carbocycles. The van der Waals surface area contributed by atoms with Crippen LogP contribution < -0.4 is 5.32 Å². The summed E-state index contributed by atoms with van der Waals surface area (Å²) in [4.78, 5) is 0. The second-order valence-electron chi connectivity index (χ2n) is 3.02. The second-order valence-corrected chi connectivity index (χ2v) is 3.02. The van der Waals surface area contributed by atoms with Gasteiger partial charge in [0.2, 0.25) is 0 Å². The summed E-state index contributed by atoms with van der Waals surface area (Å²) in [7, 11) is 1.68. The molecule has 1 atom stereocenters. The highest BCUT2D eigenvalue weighted by atomic mass is 16.5. The van der Waals surface area contributed by atoms with E-state index in [4.69, 9.17) is 9.84 Å². The number of rotatable bonds is 3. The van der Waals surface area contributed by atoms with Gasteiger partial charge in [0, 0.05) is 19.1 Å². The molecule has 0 bridgehead atoms. The van der Waals surface area contributed by atoms with Crippen LogP contribution in [0.2, 0.25) is 0 Å². The lowest BCUT2D eigenvalue weighted by molar-refractivity contribution is 0.0435. The zero-order chi connectivity index (χ0) is 7.45. The number of nitrogens with one attached hydrogen (secondary N) is 1. The maximum absolute atomic E-state index is 9.03. The summed E-state index contributed by atoms with van der Waals surface area (Å²) in [6.07, 6.45) is 1.03. The first-order valence-corrected chi connectivity index (χ1v) is 3.63. The zero-order valence-corrected chi connectivity index (χ0v) is 6.39. The van der Waals surface area contributed by atoms with Gasteiger partial charge in [-0.1, -0.05) is 0 Å². The molecule has 0 aliphatic carbocycles. The Morgan fingerprint density at radius 2 is 2.50 bits per heavy atom. The number of ether oxygens (including phenoxy) is 1. The molecule has 0 spiro atoms. The molecule has 3 nitrogen and oxygen atoms in total. The first-order valence-electron chi connectivity index (χ1n) is 3.63. The minimum atomic E-state index is 0.00868. The lowest BCUT2D eigenvalue weighted by Gasteiger charge is -2.23. The van der Waals surface area contributed by atoms with E-state index in [2.05, 4.69) is 5.32 Å². The monoisotopic (exact) mass is 145 g/mol. The summed E-state index contributed by atoms with van der Waals surface area (Å²) in [5.41, 5.74) is 0.00868. The average molecular weight is 145 g/mol. The minimum absolute atomic E-state index is 0.00868. The third-order valence-electron chi connectivity index (χ3n) is 2.12. The topological polar surface area (TPSA) is 41.5 Å². The highest BCUT2D eigenvalue weighted by Crippen LogP contribution is 2.24. The Morgan fingerprint density at radius 1 is 1.70 bits per heavy atom. The summed E-state index contributed by atoms with van der Waals surface area (Å²) < 4.78 is 5.02. The number of aliphatic hydroxyl groups excluding tert-OH is 1. The molecule has 0 aromatic rings. The molecule has 1 saturated heterocycles. The average Bonchev–Trinajstić information content (AvgIpc) is 2.39. The van der Waals surface area contributed by atoms with Crippen LogP contribution in [0, 0.1) is 5.41 Å². The van der Waals surface area contributed by atoms with Gasteiger partial charge < -0.3 is 15.2 Å². The Bertz CT molecular complexity index is 99.8. The smallest absolute Gasteiger partial charge is 0.0553 e. The molecular formula is C7H15NO2. The van der Waals surface area contributed by atoms with E-state index in [1.165, 1.54) is 0 Å². The summed E-state index contributed by atoms with van der Waals surface area (Å²) in [6.45, 7) is 2.78. The molecule has 0 saturated carbocycles. The fourth-order valence-electron chi connectivity index (χ4n) is 1.41. The van der Waals surface area contributed by atoms with Crippen molar-refractivity contribution >= 4 is 0 Å². The van der Waals surface area contributed by atoms with Crippen molar-refractivity contribution in [2.24, 2.45) is 5.41 Å². The van der Waals surface area contributed by atoms with Crippen molar-refractivity contribution < 1.29 is 9.84 Å². The van der Waals surface area contributed by atoms with E-state index in [0.29, 0.717) is 6.61 Å². The lowest BCUT2D eigenvalue weighted by atomic mass is 9.89. The summed E-state index contributed by atoms with van der Waals surface area (Å²) >= 11 is 0. The Labute approximate surface area is 61.4 Å². The highest BCUT2D eigenvalue weighted by Gasteiger charge is 2.32. The van der Waals surface area contributed by atoms with Crippen LogP contribution in [-0.4, -0.2) is 38.5 Å². The molecule has 3 heteroatoms. The van der Waals surface area contributed by atoms with Gasteiger partial charge in [-0.15, -0.1) is 0 Å². The molecule has 60 valence electrons. The normalized spacial score (nSPS) is 33.0. The molecular weight excluding hydrogens is 130 g/mol. The van der Waals surface area contributed by atoms with E-state index in [1.54, 1.807) is 7.11 Å². The molecule has 1 fully saturated rings. The summed E-state index contributed by atoms with van der Waals surface area (Å²) in [5.74, 6) is 0. The summed E-state index contributed by atoms with van der Waals surface area (Å²) in [6, 6.07) is 0. The number of hydrogen-bond acceptors (Lipinski definition) is 3. The van der Waals surface area contributed by atoms with E-state index in [0.717, 1.165) is 19.5 Å². The first kappa shape index (κ1) is 7.98. The van der Waals surface area contributed by atoms with E-state index in [-0.39, 0.29) is 12.0 Å². The van der Waals surface area contributed by atoms with Crippen LogP contribution in [0.15, 0.2) is 0 Å². The fourth-order valence-corrected chi connectivity index (χ4v) is 1.41. The van der Waals surface area contributed by atoms with E-state index in [9.17, 15) is 0 Å². The fraction of sp³-hybridized carbons (Fsp3) is 1.00. The van der Waals surface area contributed by atoms with Gasteiger partial charge in [-0.2, -0.15) is 0 Å². The van der Waals surface area contributed by atoms with Crippen molar-refractivity contribution in [3.8, 4) is 0 Å². The maximum Gasteiger partial charge on any atom is 0.0553 e. The number of methoxy groups -OCH3 is 1. The van der Waals surface area contributed by atoms with Crippen LogP contribution in [0.5, 0.6) is 0 Å². The molecule has 0 radical (unpaired) electrons. The molecule has 1 rings (SSSR count). The Balaban J connectivity index is 2.41. The second kappa shape index (κ2) is 3.32. The van der Waals surface area contributed by atoms with Gasteiger partial charge in [0.1, 0.15) is 0 Å². The van der Waals surface area contributed by atoms with Crippen LogP contribution in [0.4, 0.5) is 0 Å². The van der Waals surface area contributed by atoms with Gasteiger partial charge in [0.25, 0.3) is 0 Å². The number of hydrogen-bond donors (Lipinski definition) is 2. The molecule has 2 N–H and O–H groups in total. The zero-order valence-electron chi connectivity index (χ0n) is 6.39. The van der Waals surface area contributed by atoms with Crippen molar-refractivity contribution in [3.63, 3.8) is 0 Å². The molecule has 0 aromatic heterocycles. The third-order valence-corrected chi connectivity index (χ3v) is 2.12. The van der Waals surface area contributed by atoms with Crippen molar-refractivity contribution in [3.05, 3.63) is 0 Å². The van der Waals surface area contributed by atoms with Gasteiger partial charge in [-0.25, -0.2) is 0 Å². The Morgan fingerprint density at radius 3 is 2.90 bits per heavy atom. The predicted octanol–water partition coefficient (Wildman–Crippen LogP) is -0.395. The van der Waals surface area contributed by atoms with E-state index < -0.39 is 0 Å². The molecule has 1 heterocycles. The van der Waals surface area contributed by atoms with Crippen molar-refractivity contribution in [1.82, 2.24) is 5.32 Å². The van der Waals surface area contributed by atoms with Crippen molar-refractivity contribution in [2.45, 2.75) is 6.42 Å². The molecule has 1 aliphatic rings. The maximum atomic E-state index is 9.03. The van der Waals surface area contributed by atoms with Gasteiger partial charge >= 0.3 is 0 Å². The van der Waals surface area contributed by atoms with Gasteiger partial charge in [0.15, 0.2) is 0 Å². The van der Waals surface area contributed by atoms with E-state index >= 15 is 0 Å². The molecule has 10 heavy (non-hydrogen) atoms. The Hall–Kier alpha value is -0.120. The third kappa shape index (κ3) is 1.48. The van der Waals surface area contributed by atoms with Gasteiger partial charge in [-0.3, -0.25) is 0 Å². The first-order chi connectivity index (χ1) is 4.83. The quantitative estimate of drug-likeness (QED) is 0.568. The van der Waals surface area contributed by atoms with Gasteiger partial charge in [0.05, 0.1) is 13.2 Å². The standard InChI is InChI=1S/C7H15NO2/c1-10-6-7(5-9)2-3-8-4-7/h8-9H,2-6H2,1H3/t7-/m0/s1. The largest absolute Gasteiger partial charge is 0.396 e. The van der Waals surface area contributed by atoms with E-state index in [1.807, 2.05) is 0 Å². The SMILES string of the molecule is COC[C@@]1(CO)CCNC1. The number of aliphatic hydroxyl groups is 1. The van der Waals surface area contributed by atoms with Crippen molar-refractivity contribution in [1.29, 1.82) is 0 Å². The van der Waals surface area contributed by atoms with Crippen molar-refractivity contribution in [2.75, 3.05) is 33.4 Å². The van der Waals surface area contributed by atoms with Crippen LogP contribution in [-0.2, 0) is 4.74 Å². The van der Waals surface area contributed by atoms with Crippen LogP contribution in [0.1, 0.15) is 6.42 Å². The lowest BCUT2D eigenvalue weighted by Crippen LogP contribution is -2.32. The molecule has 0 amide bonds. The molecule has 1 aliphatic heterocycles. The van der Waals surface area contributed by atoms with Crippen LogP contribution >= 0.6 is 0 Å². The minimum Gasteiger partial charge on any atom is -0.396 e. The van der Waals surface area contributed by atoms with Crippen LogP contribution in [0.3, 0.4) is 0 Å². The van der Waals surface area contributed by atoms with Gasteiger partial charge in [-0.05, 0) is 13.0 Å². The Kier molecular flexibility index (Phi) is 2.65.